The molecule has 0 aromatic heterocycles. The van der Waals surface area contributed by atoms with E-state index in [0.717, 1.165) is 27.5 Å². The molecule has 0 aliphatic rings. The van der Waals surface area contributed by atoms with Crippen molar-refractivity contribution in [3.63, 3.8) is 0 Å². The first-order chi connectivity index (χ1) is 17.8. The fraction of sp³-hybridized carbons (Fsp3) is 0.194. The summed E-state index contributed by atoms with van der Waals surface area (Å²) in [6.07, 6.45) is 1.49. The number of benzene rings is 4. The van der Waals surface area contributed by atoms with Crippen LogP contribution in [0.5, 0.6) is 11.5 Å². The van der Waals surface area contributed by atoms with Gasteiger partial charge in [0.25, 0.3) is 5.91 Å². The number of nitrogens with zero attached hydrogens (tertiary/aromatic N) is 1. The van der Waals surface area contributed by atoms with Crippen LogP contribution in [0.2, 0.25) is 0 Å². The Balaban J connectivity index is 1.50. The zero-order valence-corrected chi connectivity index (χ0v) is 21.4. The Kier molecular flexibility index (Phi) is 7.98. The first-order valence-corrected chi connectivity index (χ1v) is 12.2. The highest BCUT2D eigenvalue weighted by Crippen LogP contribution is 2.28. The standard InChI is InChI=1S/C31H30N2O4/c1-20(2)25-15-11-22(4)17-29(25)36-19-30(34)33-32-18-27-26-8-6-5-7-23(26)14-16-28(27)37-31(35)24-12-9-21(3)10-13-24/h5-18,20H,19H2,1-4H3,(H,33,34)/b32-18+. The highest BCUT2D eigenvalue weighted by atomic mass is 16.5. The van der Waals surface area contributed by atoms with Gasteiger partial charge in [-0.15, -0.1) is 0 Å². The maximum Gasteiger partial charge on any atom is 0.343 e. The molecule has 0 saturated carbocycles. The number of nitrogens with one attached hydrogen (secondary N) is 1. The number of fused-ring (bicyclic) bond motifs is 1. The molecular weight excluding hydrogens is 464 g/mol. The van der Waals surface area contributed by atoms with E-state index >= 15 is 0 Å². The fourth-order valence-electron chi connectivity index (χ4n) is 3.93. The Hall–Kier alpha value is -4.45. The molecule has 0 aliphatic heterocycles. The SMILES string of the molecule is Cc1ccc(C(=O)Oc2ccc3ccccc3c2/C=N/NC(=O)COc2cc(C)ccc2C(C)C)cc1. The molecule has 4 aromatic rings. The Morgan fingerprint density at radius 3 is 2.38 bits per heavy atom. The average Bonchev–Trinajstić information content (AvgIpc) is 2.88. The van der Waals surface area contributed by atoms with Gasteiger partial charge in [0.05, 0.1) is 11.8 Å². The van der Waals surface area contributed by atoms with Gasteiger partial charge >= 0.3 is 5.97 Å². The molecule has 6 heteroatoms. The third-order valence-corrected chi connectivity index (χ3v) is 5.95. The predicted octanol–water partition coefficient (Wildman–Crippen LogP) is 6.33. The van der Waals surface area contributed by atoms with Crippen molar-refractivity contribution in [1.29, 1.82) is 0 Å². The summed E-state index contributed by atoms with van der Waals surface area (Å²) in [5.74, 6) is 0.435. The number of rotatable bonds is 8. The van der Waals surface area contributed by atoms with Crippen LogP contribution in [-0.2, 0) is 4.79 Å². The van der Waals surface area contributed by atoms with Gasteiger partial charge in [-0.2, -0.15) is 5.10 Å². The molecule has 0 fully saturated rings. The third kappa shape index (κ3) is 6.41. The van der Waals surface area contributed by atoms with E-state index in [9.17, 15) is 9.59 Å². The summed E-state index contributed by atoms with van der Waals surface area (Å²) >= 11 is 0. The lowest BCUT2D eigenvalue weighted by Crippen LogP contribution is -2.25. The summed E-state index contributed by atoms with van der Waals surface area (Å²) in [5.41, 5.74) is 6.69. The van der Waals surface area contributed by atoms with Gasteiger partial charge in [-0.05, 0) is 65.9 Å². The molecular formula is C31H30N2O4. The van der Waals surface area contributed by atoms with E-state index in [0.29, 0.717) is 22.6 Å². The van der Waals surface area contributed by atoms with E-state index in [1.807, 2.05) is 74.5 Å². The lowest BCUT2D eigenvalue weighted by Gasteiger charge is -2.14. The normalized spacial score (nSPS) is 11.2. The molecule has 0 radical (unpaired) electrons. The molecule has 0 aliphatic carbocycles. The summed E-state index contributed by atoms with van der Waals surface area (Å²) < 4.78 is 11.5. The summed E-state index contributed by atoms with van der Waals surface area (Å²) in [4.78, 5) is 25.2. The van der Waals surface area contributed by atoms with Crippen LogP contribution in [-0.4, -0.2) is 24.7 Å². The minimum atomic E-state index is -0.471. The first-order valence-electron chi connectivity index (χ1n) is 12.2. The number of hydrogen-bond acceptors (Lipinski definition) is 5. The van der Waals surface area contributed by atoms with E-state index in [-0.39, 0.29) is 12.5 Å². The van der Waals surface area contributed by atoms with E-state index in [4.69, 9.17) is 9.47 Å². The van der Waals surface area contributed by atoms with Crippen LogP contribution >= 0.6 is 0 Å². The highest BCUT2D eigenvalue weighted by Gasteiger charge is 2.14. The van der Waals surface area contributed by atoms with E-state index in [1.54, 1.807) is 18.2 Å². The molecule has 0 spiro atoms. The molecule has 0 unspecified atom stereocenters. The summed E-state index contributed by atoms with van der Waals surface area (Å²) in [6.45, 7) is 7.92. The Morgan fingerprint density at radius 2 is 1.62 bits per heavy atom. The molecule has 1 amide bonds. The van der Waals surface area contributed by atoms with Crippen LogP contribution < -0.4 is 14.9 Å². The Labute approximate surface area is 216 Å². The van der Waals surface area contributed by atoms with Crippen molar-refractivity contribution >= 4 is 28.9 Å². The first kappa shape index (κ1) is 25.6. The van der Waals surface area contributed by atoms with Gasteiger partial charge in [0.15, 0.2) is 6.61 Å². The van der Waals surface area contributed by atoms with E-state index in [2.05, 4.69) is 24.4 Å². The maximum absolute atomic E-state index is 12.8. The van der Waals surface area contributed by atoms with Crippen LogP contribution in [0.1, 0.15) is 52.4 Å². The lowest BCUT2D eigenvalue weighted by atomic mass is 10.0. The van der Waals surface area contributed by atoms with Crippen LogP contribution in [0.3, 0.4) is 0 Å². The third-order valence-electron chi connectivity index (χ3n) is 5.95. The van der Waals surface area contributed by atoms with Crippen LogP contribution in [0.25, 0.3) is 10.8 Å². The maximum atomic E-state index is 12.8. The second-order valence-corrected chi connectivity index (χ2v) is 9.23. The predicted molar refractivity (Wildman–Crippen MR) is 147 cm³/mol. The van der Waals surface area contributed by atoms with Gasteiger partial charge in [0.2, 0.25) is 0 Å². The summed E-state index contributed by atoms with van der Waals surface area (Å²) in [6, 6.07) is 24.4. The van der Waals surface area contributed by atoms with Crippen molar-refractivity contribution in [2.75, 3.05) is 6.61 Å². The molecule has 4 aromatic carbocycles. The molecule has 37 heavy (non-hydrogen) atoms. The monoisotopic (exact) mass is 494 g/mol. The number of amides is 1. The minimum absolute atomic E-state index is 0.175. The van der Waals surface area contributed by atoms with E-state index < -0.39 is 11.9 Å². The smallest absolute Gasteiger partial charge is 0.343 e. The second kappa shape index (κ2) is 11.5. The van der Waals surface area contributed by atoms with Crippen molar-refractivity contribution in [2.45, 2.75) is 33.6 Å². The van der Waals surface area contributed by atoms with Gasteiger partial charge < -0.3 is 9.47 Å². The highest BCUT2D eigenvalue weighted by molar-refractivity contribution is 6.04. The van der Waals surface area contributed by atoms with Crippen molar-refractivity contribution in [3.8, 4) is 11.5 Å². The van der Waals surface area contributed by atoms with Crippen LogP contribution in [0.4, 0.5) is 0 Å². The summed E-state index contributed by atoms with van der Waals surface area (Å²) in [7, 11) is 0. The second-order valence-electron chi connectivity index (χ2n) is 9.23. The number of carbonyl (C=O) groups is 2. The van der Waals surface area contributed by atoms with Crippen molar-refractivity contribution in [2.24, 2.45) is 5.10 Å². The van der Waals surface area contributed by atoms with Crippen LogP contribution in [0, 0.1) is 13.8 Å². The Morgan fingerprint density at radius 1 is 0.892 bits per heavy atom. The molecule has 0 atom stereocenters. The Bertz CT molecular complexity index is 1460. The van der Waals surface area contributed by atoms with Gasteiger partial charge in [-0.25, -0.2) is 10.2 Å². The van der Waals surface area contributed by atoms with Gasteiger partial charge in [0.1, 0.15) is 11.5 Å². The largest absolute Gasteiger partial charge is 0.483 e. The lowest BCUT2D eigenvalue weighted by molar-refractivity contribution is -0.123. The number of carbonyl (C=O) groups excluding carboxylic acids is 2. The van der Waals surface area contributed by atoms with Gasteiger partial charge in [0, 0.05) is 5.56 Å². The number of esters is 1. The fourth-order valence-corrected chi connectivity index (χ4v) is 3.93. The molecule has 4 rings (SSSR count). The number of ether oxygens (including phenoxy) is 2. The minimum Gasteiger partial charge on any atom is -0.483 e. The summed E-state index contributed by atoms with van der Waals surface area (Å²) in [5, 5.41) is 5.93. The number of hydrazone groups is 1. The molecule has 0 bridgehead atoms. The molecule has 1 N–H and O–H groups in total. The van der Waals surface area contributed by atoms with Crippen molar-refractivity contribution in [3.05, 3.63) is 107 Å². The molecule has 0 saturated heterocycles. The van der Waals surface area contributed by atoms with E-state index in [1.165, 1.54) is 6.21 Å². The van der Waals surface area contributed by atoms with Crippen molar-refractivity contribution < 1.29 is 19.1 Å². The zero-order valence-electron chi connectivity index (χ0n) is 21.4. The molecule has 188 valence electrons. The topological polar surface area (TPSA) is 77.0 Å². The van der Waals surface area contributed by atoms with Crippen LogP contribution in [0.15, 0.2) is 84.0 Å². The molecule has 0 heterocycles. The quantitative estimate of drug-likeness (QED) is 0.134. The van der Waals surface area contributed by atoms with Gasteiger partial charge in [-0.1, -0.05) is 74.0 Å². The average molecular weight is 495 g/mol. The molecule has 6 nitrogen and oxygen atoms in total. The number of hydrogen-bond donors (Lipinski definition) is 1. The zero-order chi connectivity index (χ0) is 26.4. The van der Waals surface area contributed by atoms with Crippen molar-refractivity contribution in [1.82, 2.24) is 5.43 Å². The number of aryl methyl sites for hydroxylation is 2. The van der Waals surface area contributed by atoms with Gasteiger partial charge in [-0.3, -0.25) is 4.79 Å².